The third-order valence-corrected chi connectivity index (χ3v) is 4.06. The Hall–Kier alpha value is -1.11. The molecule has 1 aliphatic heterocycles. The van der Waals surface area contributed by atoms with E-state index in [2.05, 4.69) is 10.2 Å². The van der Waals surface area contributed by atoms with Crippen LogP contribution in [0.4, 0.5) is 5.69 Å². The summed E-state index contributed by atoms with van der Waals surface area (Å²) in [6.45, 7) is 6.92. The number of aryl methyl sites for hydroxylation is 1. The third kappa shape index (κ3) is 3.44. The van der Waals surface area contributed by atoms with Crippen molar-refractivity contribution in [3.63, 3.8) is 0 Å². The molecule has 1 aromatic rings. The highest BCUT2D eigenvalue weighted by molar-refractivity contribution is 7.14. The summed E-state index contributed by atoms with van der Waals surface area (Å²) in [6, 6.07) is 1.74. The molecule has 5 nitrogen and oxygen atoms in total. The fourth-order valence-corrected chi connectivity index (χ4v) is 2.70. The first-order chi connectivity index (χ1) is 8.66. The van der Waals surface area contributed by atoms with Crippen molar-refractivity contribution >= 4 is 22.9 Å². The number of nitrogen functional groups attached to an aromatic ring is 1. The molecule has 1 amide bonds. The van der Waals surface area contributed by atoms with Crippen LogP contribution in [0.15, 0.2) is 6.07 Å². The largest absolute Gasteiger partial charge is 0.398 e. The van der Waals surface area contributed by atoms with Crippen molar-refractivity contribution in [2.45, 2.75) is 6.92 Å². The minimum atomic E-state index is -0.0342. The Balaban J connectivity index is 1.74. The van der Waals surface area contributed by atoms with Crippen molar-refractivity contribution in [1.82, 2.24) is 10.2 Å². The van der Waals surface area contributed by atoms with Gasteiger partial charge in [0.05, 0.1) is 18.1 Å². The van der Waals surface area contributed by atoms with Crippen molar-refractivity contribution in [3.8, 4) is 0 Å². The van der Waals surface area contributed by atoms with Gasteiger partial charge in [-0.3, -0.25) is 9.69 Å². The SMILES string of the molecule is Cc1sc(C(=O)NCCN2CCOCC2)cc1N. The van der Waals surface area contributed by atoms with Crippen LogP contribution in [-0.4, -0.2) is 50.2 Å². The van der Waals surface area contributed by atoms with E-state index in [1.807, 2.05) is 6.92 Å². The lowest BCUT2D eigenvalue weighted by Gasteiger charge is -2.26. The number of morpholine rings is 1. The quantitative estimate of drug-likeness (QED) is 0.844. The Bertz CT molecular complexity index is 394. The topological polar surface area (TPSA) is 67.6 Å². The van der Waals surface area contributed by atoms with Crippen LogP contribution in [0.2, 0.25) is 0 Å². The fraction of sp³-hybridized carbons (Fsp3) is 0.583. The maximum Gasteiger partial charge on any atom is 0.261 e. The van der Waals surface area contributed by atoms with E-state index in [0.717, 1.165) is 37.7 Å². The van der Waals surface area contributed by atoms with Gasteiger partial charge < -0.3 is 15.8 Å². The molecule has 6 heteroatoms. The number of nitrogens with one attached hydrogen (secondary N) is 1. The molecule has 0 spiro atoms. The Labute approximate surface area is 111 Å². The van der Waals surface area contributed by atoms with Gasteiger partial charge in [0.2, 0.25) is 0 Å². The first kappa shape index (κ1) is 13.3. The summed E-state index contributed by atoms with van der Waals surface area (Å²) in [7, 11) is 0. The van der Waals surface area contributed by atoms with E-state index in [4.69, 9.17) is 10.5 Å². The first-order valence-electron chi connectivity index (χ1n) is 6.11. The minimum absolute atomic E-state index is 0.0342. The molecule has 0 aromatic carbocycles. The molecule has 0 unspecified atom stereocenters. The van der Waals surface area contributed by atoms with E-state index in [0.29, 0.717) is 17.1 Å². The Morgan fingerprint density at radius 2 is 2.28 bits per heavy atom. The van der Waals surface area contributed by atoms with Crippen LogP contribution in [0, 0.1) is 6.92 Å². The van der Waals surface area contributed by atoms with Crippen LogP contribution >= 0.6 is 11.3 Å². The summed E-state index contributed by atoms with van der Waals surface area (Å²) in [5, 5.41) is 2.92. The van der Waals surface area contributed by atoms with Crippen molar-refractivity contribution in [2.24, 2.45) is 0 Å². The van der Waals surface area contributed by atoms with Gasteiger partial charge in [0.1, 0.15) is 0 Å². The number of hydrogen-bond acceptors (Lipinski definition) is 5. The average Bonchev–Trinajstić information content (AvgIpc) is 2.71. The van der Waals surface area contributed by atoms with E-state index in [1.165, 1.54) is 11.3 Å². The van der Waals surface area contributed by atoms with Crippen LogP contribution in [0.1, 0.15) is 14.5 Å². The molecule has 0 saturated carbocycles. The van der Waals surface area contributed by atoms with Crippen LogP contribution < -0.4 is 11.1 Å². The zero-order valence-electron chi connectivity index (χ0n) is 10.6. The van der Waals surface area contributed by atoms with Crippen molar-refractivity contribution < 1.29 is 9.53 Å². The summed E-state index contributed by atoms with van der Waals surface area (Å²) in [5.74, 6) is -0.0342. The number of carbonyl (C=O) groups excluding carboxylic acids is 1. The molecular weight excluding hydrogens is 250 g/mol. The molecule has 2 rings (SSSR count). The number of hydrogen-bond donors (Lipinski definition) is 2. The second-order valence-electron chi connectivity index (χ2n) is 4.33. The molecule has 1 aliphatic rings. The number of carbonyl (C=O) groups is 1. The van der Waals surface area contributed by atoms with Gasteiger partial charge in [-0.25, -0.2) is 0 Å². The smallest absolute Gasteiger partial charge is 0.261 e. The molecule has 2 heterocycles. The van der Waals surface area contributed by atoms with Crippen LogP contribution in [-0.2, 0) is 4.74 Å². The van der Waals surface area contributed by atoms with Crippen molar-refractivity contribution in [1.29, 1.82) is 0 Å². The molecule has 1 saturated heterocycles. The highest BCUT2D eigenvalue weighted by Gasteiger charge is 2.12. The number of anilines is 1. The summed E-state index contributed by atoms with van der Waals surface area (Å²) in [6.07, 6.45) is 0. The number of amides is 1. The van der Waals surface area contributed by atoms with Gasteiger partial charge in [-0.15, -0.1) is 11.3 Å². The van der Waals surface area contributed by atoms with Crippen LogP contribution in [0.3, 0.4) is 0 Å². The molecule has 1 fully saturated rings. The summed E-state index contributed by atoms with van der Waals surface area (Å²) >= 11 is 1.44. The maximum atomic E-state index is 11.9. The molecule has 0 bridgehead atoms. The van der Waals surface area contributed by atoms with E-state index < -0.39 is 0 Å². The summed E-state index contributed by atoms with van der Waals surface area (Å²) in [4.78, 5) is 15.8. The van der Waals surface area contributed by atoms with Crippen molar-refractivity contribution in [3.05, 3.63) is 15.8 Å². The van der Waals surface area contributed by atoms with E-state index in [1.54, 1.807) is 6.07 Å². The number of nitrogens with two attached hydrogens (primary N) is 1. The van der Waals surface area contributed by atoms with Crippen molar-refractivity contribution in [2.75, 3.05) is 45.1 Å². The highest BCUT2D eigenvalue weighted by Crippen LogP contribution is 2.22. The average molecular weight is 269 g/mol. The van der Waals surface area contributed by atoms with E-state index >= 15 is 0 Å². The lowest BCUT2D eigenvalue weighted by atomic mass is 10.3. The summed E-state index contributed by atoms with van der Waals surface area (Å²) < 4.78 is 5.27. The first-order valence-corrected chi connectivity index (χ1v) is 6.92. The molecule has 0 atom stereocenters. The van der Waals surface area contributed by atoms with Crippen LogP contribution in [0.25, 0.3) is 0 Å². The monoisotopic (exact) mass is 269 g/mol. The predicted octanol–water partition coefficient (Wildman–Crippen LogP) is 0.701. The van der Waals surface area contributed by atoms with Gasteiger partial charge in [-0.1, -0.05) is 0 Å². The van der Waals surface area contributed by atoms with Gasteiger partial charge in [0.15, 0.2) is 0 Å². The van der Waals surface area contributed by atoms with E-state index in [9.17, 15) is 4.79 Å². The second kappa shape index (κ2) is 6.17. The minimum Gasteiger partial charge on any atom is -0.398 e. The highest BCUT2D eigenvalue weighted by atomic mass is 32.1. The Kier molecular flexibility index (Phi) is 4.57. The van der Waals surface area contributed by atoms with Gasteiger partial charge in [-0.05, 0) is 13.0 Å². The normalized spacial score (nSPS) is 16.7. The zero-order chi connectivity index (χ0) is 13.0. The lowest BCUT2D eigenvalue weighted by Crippen LogP contribution is -2.41. The molecule has 0 radical (unpaired) electrons. The Morgan fingerprint density at radius 1 is 1.56 bits per heavy atom. The van der Waals surface area contributed by atoms with Gasteiger partial charge >= 0.3 is 0 Å². The molecule has 3 N–H and O–H groups in total. The zero-order valence-corrected chi connectivity index (χ0v) is 11.4. The maximum absolute atomic E-state index is 11.9. The number of ether oxygens (including phenoxy) is 1. The molecule has 0 aliphatic carbocycles. The molecule has 1 aromatic heterocycles. The number of nitrogens with zero attached hydrogens (tertiary/aromatic N) is 1. The number of rotatable bonds is 4. The Morgan fingerprint density at radius 3 is 2.89 bits per heavy atom. The van der Waals surface area contributed by atoms with Gasteiger partial charge in [-0.2, -0.15) is 0 Å². The van der Waals surface area contributed by atoms with Gasteiger partial charge in [0, 0.05) is 36.7 Å². The molecule has 18 heavy (non-hydrogen) atoms. The fourth-order valence-electron chi connectivity index (χ4n) is 1.85. The lowest BCUT2D eigenvalue weighted by molar-refractivity contribution is 0.0383. The standard InChI is InChI=1S/C12H19N3O2S/c1-9-10(13)8-11(18-9)12(16)14-2-3-15-4-6-17-7-5-15/h8H,2-7,13H2,1H3,(H,14,16). The third-order valence-electron chi connectivity index (χ3n) is 3.00. The second-order valence-corrected chi connectivity index (χ2v) is 5.59. The van der Waals surface area contributed by atoms with Gasteiger partial charge in [0.25, 0.3) is 5.91 Å². The molecule has 100 valence electrons. The molecular formula is C12H19N3O2S. The number of thiophene rings is 1. The summed E-state index contributed by atoms with van der Waals surface area (Å²) in [5.41, 5.74) is 6.43. The van der Waals surface area contributed by atoms with E-state index in [-0.39, 0.29) is 5.91 Å². The predicted molar refractivity (Wildman–Crippen MR) is 73.1 cm³/mol. The van der Waals surface area contributed by atoms with Crippen LogP contribution in [0.5, 0.6) is 0 Å².